The van der Waals surface area contributed by atoms with Gasteiger partial charge in [-0.1, -0.05) is 12.1 Å². The van der Waals surface area contributed by atoms with Gasteiger partial charge in [0.15, 0.2) is 0 Å². The minimum absolute atomic E-state index is 0.350. The number of hydrogen-bond donors (Lipinski definition) is 1. The van der Waals surface area contributed by atoms with E-state index in [0.29, 0.717) is 0 Å². The van der Waals surface area contributed by atoms with Crippen molar-refractivity contribution in [2.75, 3.05) is 0 Å². The molecule has 0 radical (unpaired) electrons. The number of halogens is 1. The van der Waals surface area contributed by atoms with Crippen molar-refractivity contribution in [3.8, 4) is 0 Å². The molecule has 0 spiro atoms. The van der Waals surface area contributed by atoms with Crippen LogP contribution >= 0.6 is 22.6 Å². The maximum absolute atomic E-state index is 9.11. The van der Waals surface area contributed by atoms with E-state index in [-0.39, 0.29) is 6.10 Å². The zero-order chi connectivity index (χ0) is 7.56. The van der Waals surface area contributed by atoms with Gasteiger partial charge in [-0.2, -0.15) is 0 Å². The molecule has 0 saturated carbocycles. The van der Waals surface area contributed by atoms with Gasteiger partial charge in [0.1, 0.15) is 0 Å². The molecule has 0 aliphatic heterocycles. The first kappa shape index (κ1) is 8.01. The van der Waals surface area contributed by atoms with Crippen LogP contribution in [0.15, 0.2) is 24.3 Å². The van der Waals surface area contributed by atoms with E-state index in [0.717, 1.165) is 5.56 Å². The third-order valence-electron chi connectivity index (χ3n) is 1.35. The fraction of sp³-hybridized carbons (Fsp3) is 0.250. The lowest BCUT2D eigenvalue weighted by Gasteiger charge is -2.02. The summed E-state index contributed by atoms with van der Waals surface area (Å²) in [6.45, 7) is 1.77. The third kappa shape index (κ3) is 1.95. The number of benzene rings is 1. The first-order valence-electron chi connectivity index (χ1n) is 3.13. The van der Waals surface area contributed by atoms with Gasteiger partial charge in [-0.25, -0.2) is 0 Å². The standard InChI is InChI=1S/C8H9IO/c1-6(10)7-2-4-8(9)5-3-7/h2-6,10H,1H3. The van der Waals surface area contributed by atoms with Gasteiger partial charge in [-0.15, -0.1) is 0 Å². The van der Waals surface area contributed by atoms with Gasteiger partial charge in [0.2, 0.25) is 0 Å². The molecule has 0 aliphatic carbocycles. The van der Waals surface area contributed by atoms with Gasteiger partial charge < -0.3 is 5.11 Å². The minimum Gasteiger partial charge on any atom is -0.389 e. The van der Waals surface area contributed by atoms with E-state index in [9.17, 15) is 0 Å². The van der Waals surface area contributed by atoms with Crippen molar-refractivity contribution in [3.05, 3.63) is 33.4 Å². The van der Waals surface area contributed by atoms with Gasteiger partial charge in [0, 0.05) is 3.57 Å². The van der Waals surface area contributed by atoms with Crippen molar-refractivity contribution < 1.29 is 5.11 Å². The lowest BCUT2D eigenvalue weighted by molar-refractivity contribution is 0.199. The Bertz CT molecular complexity index is 203. The molecule has 0 bridgehead atoms. The first-order chi connectivity index (χ1) is 4.70. The maximum atomic E-state index is 9.11. The van der Waals surface area contributed by atoms with Crippen molar-refractivity contribution in [1.29, 1.82) is 0 Å². The summed E-state index contributed by atoms with van der Waals surface area (Å²) in [7, 11) is 0. The average Bonchev–Trinajstić information content (AvgIpc) is 1.88. The molecule has 0 amide bonds. The molecule has 0 aliphatic rings. The van der Waals surface area contributed by atoms with Crippen molar-refractivity contribution in [2.24, 2.45) is 0 Å². The molecule has 1 N–H and O–H groups in total. The highest BCUT2D eigenvalue weighted by Gasteiger charge is 1.97. The second-order valence-electron chi connectivity index (χ2n) is 2.23. The van der Waals surface area contributed by atoms with Crippen LogP contribution in [0, 0.1) is 3.57 Å². The largest absolute Gasteiger partial charge is 0.389 e. The summed E-state index contributed by atoms with van der Waals surface area (Å²) in [5, 5.41) is 9.11. The van der Waals surface area contributed by atoms with E-state index in [2.05, 4.69) is 22.6 Å². The first-order valence-corrected chi connectivity index (χ1v) is 4.21. The van der Waals surface area contributed by atoms with E-state index in [4.69, 9.17) is 5.11 Å². The van der Waals surface area contributed by atoms with Crippen LogP contribution in [0.1, 0.15) is 18.6 Å². The molecule has 1 rings (SSSR count). The second kappa shape index (κ2) is 3.34. The number of rotatable bonds is 1. The zero-order valence-electron chi connectivity index (χ0n) is 5.71. The molecule has 0 saturated heterocycles. The number of hydrogen-bond acceptors (Lipinski definition) is 1. The summed E-state index contributed by atoms with van der Waals surface area (Å²) in [6.07, 6.45) is -0.350. The minimum atomic E-state index is -0.350. The Morgan fingerprint density at radius 1 is 1.30 bits per heavy atom. The Morgan fingerprint density at radius 3 is 2.20 bits per heavy atom. The summed E-state index contributed by atoms with van der Waals surface area (Å²) in [6, 6.07) is 7.85. The molecular formula is C8H9IO. The second-order valence-corrected chi connectivity index (χ2v) is 3.47. The maximum Gasteiger partial charge on any atom is 0.0761 e. The average molecular weight is 248 g/mol. The van der Waals surface area contributed by atoms with Crippen molar-refractivity contribution in [2.45, 2.75) is 13.0 Å². The molecule has 10 heavy (non-hydrogen) atoms. The van der Waals surface area contributed by atoms with Crippen molar-refractivity contribution in [3.63, 3.8) is 0 Å². The van der Waals surface area contributed by atoms with Gasteiger partial charge in [-0.05, 0) is 47.2 Å². The topological polar surface area (TPSA) is 20.2 Å². The van der Waals surface area contributed by atoms with Gasteiger partial charge >= 0.3 is 0 Å². The van der Waals surface area contributed by atoms with Gasteiger partial charge in [0.05, 0.1) is 6.10 Å². The van der Waals surface area contributed by atoms with Crippen LogP contribution in [0.3, 0.4) is 0 Å². The number of aliphatic hydroxyl groups is 1. The molecule has 0 aromatic heterocycles. The predicted molar refractivity (Wildman–Crippen MR) is 49.8 cm³/mol. The molecule has 1 unspecified atom stereocenters. The monoisotopic (exact) mass is 248 g/mol. The third-order valence-corrected chi connectivity index (χ3v) is 2.07. The quantitative estimate of drug-likeness (QED) is 0.756. The Hall–Kier alpha value is -0.0900. The Morgan fingerprint density at radius 2 is 1.80 bits per heavy atom. The van der Waals surface area contributed by atoms with Crippen molar-refractivity contribution >= 4 is 22.6 Å². The Kier molecular flexibility index (Phi) is 2.68. The van der Waals surface area contributed by atoms with Crippen LogP contribution < -0.4 is 0 Å². The van der Waals surface area contributed by atoms with E-state index in [1.54, 1.807) is 6.92 Å². The van der Waals surface area contributed by atoms with E-state index in [1.165, 1.54) is 3.57 Å². The van der Waals surface area contributed by atoms with E-state index in [1.807, 2.05) is 24.3 Å². The summed E-state index contributed by atoms with van der Waals surface area (Å²) in [4.78, 5) is 0. The van der Waals surface area contributed by atoms with E-state index < -0.39 is 0 Å². The molecule has 1 aromatic rings. The van der Waals surface area contributed by atoms with Crippen LogP contribution in [-0.2, 0) is 0 Å². The van der Waals surface area contributed by atoms with Gasteiger partial charge in [-0.3, -0.25) is 0 Å². The molecule has 2 heteroatoms. The zero-order valence-corrected chi connectivity index (χ0v) is 7.87. The Labute approximate surface area is 74.2 Å². The summed E-state index contributed by atoms with van der Waals surface area (Å²) in [5.74, 6) is 0. The molecule has 0 heterocycles. The highest BCUT2D eigenvalue weighted by atomic mass is 127. The summed E-state index contributed by atoms with van der Waals surface area (Å²) < 4.78 is 1.20. The lowest BCUT2D eigenvalue weighted by atomic mass is 10.1. The van der Waals surface area contributed by atoms with Crippen LogP contribution in [0.4, 0.5) is 0 Å². The number of aliphatic hydroxyl groups excluding tert-OH is 1. The summed E-state index contributed by atoms with van der Waals surface area (Å²) >= 11 is 2.24. The van der Waals surface area contributed by atoms with Crippen LogP contribution in [0.25, 0.3) is 0 Å². The SMILES string of the molecule is CC(O)c1ccc(I)cc1. The van der Waals surface area contributed by atoms with E-state index >= 15 is 0 Å². The fourth-order valence-electron chi connectivity index (χ4n) is 0.741. The Balaban J connectivity index is 2.89. The smallest absolute Gasteiger partial charge is 0.0761 e. The summed E-state index contributed by atoms with van der Waals surface area (Å²) in [5.41, 5.74) is 0.973. The fourth-order valence-corrected chi connectivity index (χ4v) is 1.10. The molecule has 1 atom stereocenters. The van der Waals surface area contributed by atoms with Crippen LogP contribution in [0.5, 0.6) is 0 Å². The highest BCUT2D eigenvalue weighted by Crippen LogP contribution is 2.13. The van der Waals surface area contributed by atoms with Crippen LogP contribution in [-0.4, -0.2) is 5.11 Å². The predicted octanol–water partition coefficient (Wildman–Crippen LogP) is 2.34. The molecule has 54 valence electrons. The molecule has 1 nitrogen and oxygen atoms in total. The lowest BCUT2D eigenvalue weighted by Crippen LogP contribution is -1.89. The van der Waals surface area contributed by atoms with Gasteiger partial charge in [0.25, 0.3) is 0 Å². The van der Waals surface area contributed by atoms with Crippen molar-refractivity contribution in [1.82, 2.24) is 0 Å². The van der Waals surface area contributed by atoms with Crippen LogP contribution in [0.2, 0.25) is 0 Å². The highest BCUT2D eigenvalue weighted by molar-refractivity contribution is 14.1. The molecular weight excluding hydrogens is 239 g/mol. The normalized spacial score (nSPS) is 13.1. The molecule has 1 aromatic carbocycles. The molecule has 0 fully saturated rings.